The largest absolute Gasteiger partial charge is 0.469 e. The van der Waals surface area contributed by atoms with Gasteiger partial charge in [0.25, 0.3) is 0 Å². The van der Waals surface area contributed by atoms with Gasteiger partial charge in [0.1, 0.15) is 0 Å². The van der Waals surface area contributed by atoms with E-state index in [1.54, 1.807) is 0 Å². The smallest absolute Gasteiger partial charge is 0.305 e. The molecule has 6 heteroatoms. The van der Waals surface area contributed by atoms with Gasteiger partial charge in [-0.15, -0.1) is 0 Å². The molecule has 0 aliphatic carbocycles. The number of aliphatic hydroxyl groups excluding tert-OH is 3. The van der Waals surface area contributed by atoms with Gasteiger partial charge in [-0.25, -0.2) is 0 Å². The molecule has 6 nitrogen and oxygen atoms in total. The second-order valence-corrected chi connectivity index (χ2v) is 3.36. The summed E-state index contributed by atoms with van der Waals surface area (Å²) in [6, 6.07) is 0. The number of rotatable bonds is 8. The number of nitrogens with one attached hydrogen (secondary N) is 1. The first kappa shape index (κ1) is 14.3. The van der Waals surface area contributed by atoms with Crippen LogP contribution in [0.1, 0.15) is 12.8 Å². The van der Waals surface area contributed by atoms with E-state index in [1.807, 2.05) is 0 Å². The molecule has 0 radical (unpaired) electrons. The summed E-state index contributed by atoms with van der Waals surface area (Å²) >= 11 is 0. The van der Waals surface area contributed by atoms with Crippen molar-refractivity contribution in [3.05, 3.63) is 0 Å². The molecule has 0 heterocycles. The first-order valence-electron chi connectivity index (χ1n) is 4.78. The highest BCUT2D eigenvalue weighted by molar-refractivity contribution is 5.69. The molecule has 90 valence electrons. The normalized spacial score (nSPS) is 11.5. The third-order valence-corrected chi connectivity index (χ3v) is 2.19. The number of hydrogen-bond donors (Lipinski definition) is 4. The van der Waals surface area contributed by atoms with Crippen molar-refractivity contribution in [3.8, 4) is 0 Å². The molecular weight excluding hydrogens is 202 g/mol. The molecule has 0 rings (SSSR count). The summed E-state index contributed by atoms with van der Waals surface area (Å²) in [6.07, 6.45) is 0.788. The summed E-state index contributed by atoms with van der Waals surface area (Å²) in [5.41, 5.74) is -1.07. The zero-order valence-electron chi connectivity index (χ0n) is 8.90. The fourth-order valence-electron chi connectivity index (χ4n) is 1.01. The van der Waals surface area contributed by atoms with E-state index in [0.29, 0.717) is 13.0 Å². The third-order valence-electron chi connectivity index (χ3n) is 2.19. The van der Waals surface area contributed by atoms with Crippen molar-refractivity contribution in [2.45, 2.75) is 18.4 Å². The molecule has 0 fully saturated rings. The Morgan fingerprint density at radius 3 is 2.20 bits per heavy atom. The molecule has 0 bridgehead atoms. The lowest BCUT2D eigenvalue weighted by Crippen LogP contribution is -2.55. The van der Waals surface area contributed by atoms with Crippen molar-refractivity contribution in [2.24, 2.45) is 0 Å². The molecule has 0 atom stereocenters. The Hall–Kier alpha value is -0.690. The van der Waals surface area contributed by atoms with Gasteiger partial charge in [0.2, 0.25) is 0 Å². The van der Waals surface area contributed by atoms with Crippen molar-refractivity contribution in [3.63, 3.8) is 0 Å². The number of methoxy groups -OCH3 is 1. The Labute approximate surface area is 88.9 Å². The fraction of sp³-hybridized carbons (Fsp3) is 0.889. The number of carbonyl (C=O) groups excluding carboxylic acids is 1. The highest BCUT2D eigenvalue weighted by Crippen LogP contribution is 2.02. The van der Waals surface area contributed by atoms with Crippen LogP contribution in [0.25, 0.3) is 0 Å². The Bertz CT molecular complexity index is 173. The molecule has 4 N–H and O–H groups in total. The molecular formula is C9H19NO5. The maximum Gasteiger partial charge on any atom is 0.305 e. The van der Waals surface area contributed by atoms with Gasteiger partial charge >= 0.3 is 5.97 Å². The molecule has 15 heavy (non-hydrogen) atoms. The number of hydrogen-bond acceptors (Lipinski definition) is 6. The monoisotopic (exact) mass is 221 g/mol. The summed E-state index contributed by atoms with van der Waals surface area (Å²) in [7, 11) is 1.31. The Morgan fingerprint density at radius 1 is 1.27 bits per heavy atom. The Balaban J connectivity index is 3.76. The molecule has 0 aromatic heterocycles. The molecule has 0 aliphatic rings. The van der Waals surface area contributed by atoms with Crippen LogP contribution in [0.3, 0.4) is 0 Å². The van der Waals surface area contributed by atoms with Crippen LogP contribution in [0.2, 0.25) is 0 Å². The van der Waals surface area contributed by atoms with E-state index in [1.165, 1.54) is 7.11 Å². The van der Waals surface area contributed by atoms with Crippen LogP contribution in [-0.2, 0) is 9.53 Å². The minimum absolute atomic E-state index is 0.266. The standard InChI is InChI=1S/C9H19NO5/c1-15-8(14)3-2-4-10-9(5-11,6-12)7-13/h10-13H,2-7H2,1H3. The number of carbonyl (C=O) groups is 1. The van der Waals surface area contributed by atoms with Gasteiger partial charge in [-0.05, 0) is 13.0 Å². The molecule has 0 aromatic carbocycles. The molecule has 0 amide bonds. The number of esters is 1. The zero-order valence-corrected chi connectivity index (χ0v) is 8.90. The first-order valence-corrected chi connectivity index (χ1v) is 4.78. The zero-order chi connectivity index (χ0) is 11.7. The summed E-state index contributed by atoms with van der Waals surface area (Å²) < 4.78 is 4.45. The number of aliphatic hydroxyl groups is 3. The van der Waals surface area contributed by atoms with Crippen molar-refractivity contribution in [2.75, 3.05) is 33.5 Å². The lowest BCUT2D eigenvalue weighted by molar-refractivity contribution is -0.140. The average Bonchev–Trinajstić information content (AvgIpc) is 2.30. The van der Waals surface area contributed by atoms with Crippen LogP contribution in [0.15, 0.2) is 0 Å². The fourth-order valence-corrected chi connectivity index (χ4v) is 1.01. The lowest BCUT2D eigenvalue weighted by atomic mass is 10.0. The second-order valence-electron chi connectivity index (χ2n) is 3.36. The lowest BCUT2D eigenvalue weighted by Gasteiger charge is -2.28. The molecule has 0 saturated heterocycles. The van der Waals surface area contributed by atoms with Gasteiger partial charge in [0.05, 0.1) is 32.5 Å². The quantitative estimate of drug-likeness (QED) is 0.286. The van der Waals surface area contributed by atoms with Gasteiger partial charge in [0, 0.05) is 6.42 Å². The molecule has 0 aromatic rings. The molecule has 0 saturated carbocycles. The van der Waals surface area contributed by atoms with Gasteiger partial charge < -0.3 is 25.4 Å². The van der Waals surface area contributed by atoms with E-state index in [0.717, 1.165) is 0 Å². The van der Waals surface area contributed by atoms with E-state index < -0.39 is 5.54 Å². The van der Waals surface area contributed by atoms with Crippen LogP contribution in [0, 0.1) is 0 Å². The highest BCUT2D eigenvalue weighted by Gasteiger charge is 2.26. The molecule has 0 aliphatic heterocycles. The SMILES string of the molecule is COC(=O)CCCNC(CO)(CO)CO. The van der Waals surface area contributed by atoms with Crippen LogP contribution in [-0.4, -0.2) is 60.3 Å². The minimum Gasteiger partial charge on any atom is -0.469 e. The minimum atomic E-state index is -1.07. The van der Waals surface area contributed by atoms with Gasteiger partial charge in [-0.3, -0.25) is 4.79 Å². The van der Waals surface area contributed by atoms with Crippen molar-refractivity contribution < 1.29 is 24.9 Å². The highest BCUT2D eigenvalue weighted by atomic mass is 16.5. The van der Waals surface area contributed by atoms with Crippen molar-refractivity contribution >= 4 is 5.97 Å². The predicted molar refractivity (Wildman–Crippen MR) is 53.2 cm³/mol. The Kier molecular flexibility index (Phi) is 7.23. The maximum absolute atomic E-state index is 10.7. The maximum atomic E-state index is 10.7. The van der Waals surface area contributed by atoms with Gasteiger partial charge in [0.15, 0.2) is 0 Å². The second kappa shape index (κ2) is 7.58. The van der Waals surface area contributed by atoms with Gasteiger partial charge in [-0.2, -0.15) is 0 Å². The molecule has 0 unspecified atom stereocenters. The first-order chi connectivity index (χ1) is 7.14. The summed E-state index contributed by atoms with van der Waals surface area (Å²) in [5, 5.41) is 29.7. The summed E-state index contributed by atoms with van der Waals surface area (Å²) in [5.74, 6) is -0.306. The third kappa shape index (κ3) is 5.08. The van der Waals surface area contributed by atoms with E-state index in [9.17, 15) is 4.79 Å². The number of ether oxygens (including phenoxy) is 1. The Morgan fingerprint density at radius 2 is 1.80 bits per heavy atom. The summed E-state index contributed by atoms with van der Waals surface area (Å²) in [6.45, 7) is -0.675. The van der Waals surface area contributed by atoms with E-state index in [4.69, 9.17) is 15.3 Å². The van der Waals surface area contributed by atoms with E-state index in [2.05, 4.69) is 10.1 Å². The van der Waals surface area contributed by atoms with E-state index in [-0.39, 0.29) is 32.2 Å². The topological polar surface area (TPSA) is 99.0 Å². The predicted octanol–water partition coefficient (Wildman–Crippen LogP) is -1.76. The van der Waals surface area contributed by atoms with E-state index >= 15 is 0 Å². The molecule has 0 spiro atoms. The average molecular weight is 221 g/mol. The van der Waals surface area contributed by atoms with Crippen LogP contribution < -0.4 is 5.32 Å². The van der Waals surface area contributed by atoms with Crippen LogP contribution >= 0.6 is 0 Å². The van der Waals surface area contributed by atoms with Crippen LogP contribution in [0.4, 0.5) is 0 Å². The van der Waals surface area contributed by atoms with Crippen molar-refractivity contribution in [1.82, 2.24) is 5.32 Å². The van der Waals surface area contributed by atoms with Crippen LogP contribution in [0.5, 0.6) is 0 Å². The summed E-state index contributed by atoms with van der Waals surface area (Å²) in [4.78, 5) is 10.7. The van der Waals surface area contributed by atoms with Crippen molar-refractivity contribution in [1.29, 1.82) is 0 Å². The van der Waals surface area contributed by atoms with Gasteiger partial charge in [-0.1, -0.05) is 0 Å².